The van der Waals surface area contributed by atoms with Gasteiger partial charge in [0.1, 0.15) is 30.5 Å². The Morgan fingerprint density at radius 1 is 1.23 bits per heavy atom. The van der Waals surface area contributed by atoms with Crippen molar-refractivity contribution < 1.29 is 14.3 Å². The second-order valence-electron chi connectivity index (χ2n) is 7.39. The topological polar surface area (TPSA) is 126 Å². The Balaban J connectivity index is 1.58. The first-order chi connectivity index (χ1) is 15.0. The number of carbonyl (C=O) groups is 1. The Hall–Kier alpha value is -3.53. The molecule has 31 heavy (non-hydrogen) atoms. The van der Waals surface area contributed by atoms with Crippen LogP contribution in [0.4, 0.5) is 21.7 Å². The third kappa shape index (κ3) is 4.64. The summed E-state index contributed by atoms with van der Waals surface area (Å²) < 4.78 is 13.1. The molecule has 10 heteroatoms. The van der Waals surface area contributed by atoms with E-state index in [2.05, 4.69) is 35.6 Å². The number of rotatable bonds is 7. The fraction of sp³-hybridized carbons (Fsp3) is 0.333. The van der Waals surface area contributed by atoms with Gasteiger partial charge < -0.3 is 15.7 Å². The van der Waals surface area contributed by atoms with E-state index in [1.54, 1.807) is 18.5 Å². The maximum absolute atomic E-state index is 13.1. The van der Waals surface area contributed by atoms with Crippen LogP contribution >= 0.6 is 0 Å². The summed E-state index contributed by atoms with van der Waals surface area (Å²) >= 11 is 0. The number of halogens is 1. The fourth-order valence-electron chi connectivity index (χ4n) is 3.07. The lowest BCUT2D eigenvalue weighted by Gasteiger charge is -2.14. The molecular formula is C21H22FN7O2. The van der Waals surface area contributed by atoms with Gasteiger partial charge in [0.25, 0.3) is 0 Å². The van der Waals surface area contributed by atoms with E-state index in [0.29, 0.717) is 29.2 Å². The molecular weight excluding hydrogens is 401 g/mol. The number of amides is 1. The molecule has 1 amide bonds. The van der Waals surface area contributed by atoms with Crippen LogP contribution in [0.1, 0.15) is 37.1 Å². The third-order valence-electron chi connectivity index (χ3n) is 5.07. The number of aliphatic hydroxyl groups is 1. The van der Waals surface area contributed by atoms with Gasteiger partial charge in [0.2, 0.25) is 5.91 Å². The van der Waals surface area contributed by atoms with Gasteiger partial charge >= 0.3 is 0 Å². The summed E-state index contributed by atoms with van der Waals surface area (Å²) in [5, 5.41) is 15.8. The summed E-state index contributed by atoms with van der Waals surface area (Å²) in [5.41, 5.74) is 3.30. The highest BCUT2D eigenvalue weighted by molar-refractivity contribution is 5.94. The van der Waals surface area contributed by atoms with Crippen LogP contribution in [0, 0.1) is 12.8 Å². The van der Waals surface area contributed by atoms with Crippen molar-refractivity contribution in [3.05, 3.63) is 48.4 Å². The first-order valence-corrected chi connectivity index (χ1v) is 9.95. The lowest BCUT2D eigenvalue weighted by molar-refractivity contribution is -0.117. The van der Waals surface area contributed by atoms with E-state index < -0.39 is 24.1 Å². The van der Waals surface area contributed by atoms with Gasteiger partial charge in [-0.2, -0.15) is 0 Å². The zero-order chi connectivity index (χ0) is 22.0. The number of aryl methyl sites for hydroxylation is 1. The van der Waals surface area contributed by atoms with Crippen LogP contribution in [0.2, 0.25) is 0 Å². The molecule has 1 saturated carbocycles. The Bertz CT molecular complexity index is 1110. The fourth-order valence-corrected chi connectivity index (χ4v) is 3.07. The molecule has 0 aliphatic heterocycles. The minimum absolute atomic E-state index is 0.242. The average molecular weight is 423 g/mol. The molecule has 3 aromatic heterocycles. The van der Waals surface area contributed by atoms with Gasteiger partial charge in [0.15, 0.2) is 0 Å². The number of nitrogens with one attached hydrogen (secondary N) is 2. The van der Waals surface area contributed by atoms with Crippen molar-refractivity contribution in [2.75, 3.05) is 10.6 Å². The number of hydrogen-bond donors (Lipinski definition) is 3. The van der Waals surface area contributed by atoms with Gasteiger partial charge in [-0.05, 0) is 31.4 Å². The van der Waals surface area contributed by atoms with Crippen LogP contribution in [0.5, 0.6) is 0 Å². The Labute approximate surface area is 178 Å². The highest BCUT2D eigenvalue weighted by Gasteiger charge is 2.43. The SMILES string of the molecule is CCC(O)c1cc(C)c(Nc2ncncc2-c2cc(NC(=O)C3CC3F)ncn2)cn1. The van der Waals surface area contributed by atoms with Crippen molar-refractivity contribution >= 4 is 23.2 Å². The molecule has 0 bridgehead atoms. The minimum atomic E-state index is -1.08. The average Bonchev–Trinajstić information content (AvgIpc) is 3.52. The zero-order valence-corrected chi connectivity index (χ0v) is 17.1. The van der Waals surface area contributed by atoms with Crippen molar-refractivity contribution in [2.24, 2.45) is 5.92 Å². The minimum Gasteiger partial charge on any atom is -0.387 e. The number of nitrogens with zero attached hydrogens (tertiary/aromatic N) is 5. The van der Waals surface area contributed by atoms with Crippen molar-refractivity contribution in [1.29, 1.82) is 0 Å². The number of carbonyl (C=O) groups excluding carboxylic acids is 1. The first kappa shape index (κ1) is 20.7. The van der Waals surface area contributed by atoms with Gasteiger partial charge in [0.05, 0.1) is 40.9 Å². The molecule has 1 fully saturated rings. The molecule has 1 aliphatic rings. The van der Waals surface area contributed by atoms with Crippen LogP contribution in [0.25, 0.3) is 11.3 Å². The van der Waals surface area contributed by atoms with E-state index >= 15 is 0 Å². The number of pyridine rings is 1. The smallest absolute Gasteiger partial charge is 0.231 e. The summed E-state index contributed by atoms with van der Waals surface area (Å²) in [7, 11) is 0. The van der Waals surface area contributed by atoms with E-state index in [1.807, 2.05) is 19.9 Å². The van der Waals surface area contributed by atoms with E-state index in [0.717, 1.165) is 11.3 Å². The van der Waals surface area contributed by atoms with Crippen LogP contribution in [0.15, 0.2) is 37.2 Å². The van der Waals surface area contributed by atoms with Crippen molar-refractivity contribution in [3.8, 4) is 11.3 Å². The first-order valence-electron chi connectivity index (χ1n) is 9.95. The van der Waals surface area contributed by atoms with E-state index in [-0.39, 0.29) is 12.2 Å². The quantitative estimate of drug-likeness (QED) is 0.529. The Kier molecular flexibility index (Phi) is 5.81. The van der Waals surface area contributed by atoms with Crippen LogP contribution in [-0.4, -0.2) is 42.1 Å². The van der Waals surface area contributed by atoms with Crippen molar-refractivity contribution in [1.82, 2.24) is 24.9 Å². The van der Waals surface area contributed by atoms with Crippen molar-refractivity contribution in [3.63, 3.8) is 0 Å². The number of alkyl halides is 1. The molecule has 0 aromatic carbocycles. The van der Waals surface area contributed by atoms with Gasteiger partial charge in [-0.15, -0.1) is 0 Å². The monoisotopic (exact) mass is 423 g/mol. The summed E-state index contributed by atoms with van der Waals surface area (Å²) in [6.07, 6.45) is 5.09. The van der Waals surface area contributed by atoms with Gasteiger partial charge in [0, 0.05) is 12.3 Å². The molecule has 4 rings (SSSR count). The molecule has 160 valence electrons. The second-order valence-corrected chi connectivity index (χ2v) is 7.39. The Morgan fingerprint density at radius 3 is 2.74 bits per heavy atom. The lowest BCUT2D eigenvalue weighted by atomic mass is 10.1. The molecule has 0 saturated heterocycles. The van der Waals surface area contributed by atoms with E-state index in [1.165, 1.54) is 12.7 Å². The predicted octanol–water partition coefficient (Wildman–Crippen LogP) is 3.12. The number of aliphatic hydroxyl groups excluding tert-OH is 1. The molecule has 3 unspecified atom stereocenters. The number of aromatic nitrogens is 5. The molecule has 0 radical (unpaired) electrons. The van der Waals surface area contributed by atoms with Gasteiger partial charge in [-0.25, -0.2) is 24.3 Å². The van der Waals surface area contributed by atoms with Gasteiger partial charge in [-0.1, -0.05) is 6.92 Å². The van der Waals surface area contributed by atoms with Crippen LogP contribution in [0.3, 0.4) is 0 Å². The van der Waals surface area contributed by atoms with E-state index in [4.69, 9.17) is 0 Å². The van der Waals surface area contributed by atoms with Crippen LogP contribution < -0.4 is 10.6 Å². The maximum Gasteiger partial charge on any atom is 0.231 e. The van der Waals surface area contributed by atoms with E-state index in [9.17, 15) is 14.3 Å². The molecule has 1 aliphatic carbocycles. The highest BCUT2D eigenvalue weighted by Crippen LogP contribution is 2.35. The summed E-state index contributed by atoms with van der Waals surface area (Å²) in [6, 6.07) is 3.41. The molecule has 3 N–H and O–H groups in total. The number of hydrogen-bond acceptors (Lipinski definition) is 8. The number of anilines is 3. The zero-order valence-electron chi connectivity index (χ0n) is 17.1. The third-order valence-corrected chi connectivity index (χ3v) is 5.07. The molecule has 3 heterocycles. The second kappa shape index (κ2) is 8.68. The largest absolute Gasteiger partial charge is 0.387 e. The van der Waals surface area contributed by atoms with Gasteiger partial charge in [-0.3, -0.25) is 9.78 Å². The highest BCUT2D eigenvalue weighted by atomic mass is 19.1. The lowest BCUT2D eigenvalue weighted by Crippen LogP contribution is -2.16. The maximum atomic E-state index is 13.1. The van der Waals surface area contributed by atoms with Crippen LogP contribution in [-0.2, 0) is 4.79 Å². The molecule has 0 spiro atoms. The molecule has 9 nitrogen and oxygen atoms in total. The molecule has 3 aromatic rings. The normalized spacial score (nSPS) is 18.3. The Morgan fingerprint density at radius 2 is 2.03 bits per heavy atom. The van der Waals surface area contributed by atoms with Crippen molar-refractivity contribution in [2.45, 2.75) is 39.0 Å². The summed E-state index contributed by atoms with van der Waals surface area (Å²) in [5.74, 6) is -0.235. The summed E-state index contributed by atoms with van der Waals surface area (Å²) in [6.45, 7) is 3.80. The standard InChI is InChI=1S/C21H22FN7O2/c1-3-18(30)16-4-11(2)17(8-24-16)28-20-13(7-23-9-27-20)15-6-19(26-10-25-15)29-21(31)12-5-14(12)22/h4,6-10,12,14,18,30H,3,5H2,1-2H3,(H,23,27,28)(H,25,26,29,31). The molecule has 3 atom stereocenters. The predicted molar refractivity (Wildman–Crippen MR) is 112 cm³/mol. The summed E-state index contributed by atoms with van der Waals surface area (Å²) in [4.78, 5) is 33.0.